The zero-order valence-corrected chi connectivity index (χ0v) is 17.4. The van der Waals surface area contributed by atoms with Crippen molar-refractivity contribution in [2.45, 2.75) is 43.7 Å². The second kappa shape index (κ2) is 9.28. The first-order valence-corrected chi connectivity index (χ1v) is 11.2. The van der Waals surface area contributed by atoms with E-state index in [1.165, 1.54) is 24.3 Å². The molecular weight excluding hydrogens is 392 g/mol. The van der Waals surface area contributed by atoms with E-state index >= 15 is 0 Å². The Balaban J connectivity index is 1.64. The summed E-state index contributed by atoms with van der Waals surface area (Å²) < 4.78 is 38.6. The van der Waals surface area contributed by atoms with E-state index in [4.69, 9.17) is 9.47 Å². The molecule has 3 rings (SSSR count). The van der Waals surface area contributed by atoms with Gasteiger partial charge in [-0.1, -0.05) is 0 Å². The van der Waals surface area contributed by atoms with Crippen LogP contribution >= 0.6 is 0 Å². The lowest BCUT2D eigenvalue weighted by molar-refractivity contribution is 0.0712. The fourth-order valence-electron chi connectivity index (χ4n) is 3.17. The number of rotatable bonds is 8. The van der Waals surface area contributed by atoms with Gasteiger partial charge in [-0.3, -0.25) is 9.52 Å². The van der Waals surface area contributed by atoms with Crippen molar-refractivity contribution in [3.8, 4) is 5.75 Å². The van der Waals surface area contributed by atoms with Crippen molar-refractivity contribution in [3.63, 3.8) is 0 Å². The Labute approximate surface area is 171 Å². The van der Waals surface area contributed by atoms with Gasteiger partial charge in [0.2, 0.25) is 0 Å². The summed E-state index contributed by atoms with van der Waals surface area (Å²) >= 11 is 0. The molecular formula is C21H26N2O5S. The lowest BCUT2D eigenvalue weighted by Crippen LogP contribution is -2.40. The molecule has 0 aliphatic carbocycles. The van der Waals surface area contributed by atoms with Crippen molar-refractivity contribution in [2.24, 2.45) is 0 Å². The van der Waals surface area contributed by atoms with E-state index < -0.39 is 10.0 Å². The van der Waals surface area contributed by atoms with Crippen LogP contribution in [0.2, 0.25) is 0 Å². The van der Waals surface area contributed by atoms with Crippen LogP contribution in [0.1, 0.15) is 37.0 Å². The van der Waals surface area contributed by atoms with Crippen molar-refractivity contribution in [1.82, 2.24) is 5.32 Å². The molecule has 1 fully saturated rings. The van der Waals surface area contributed by atoms with Gasteiger partial charge in [0.25, 0.3) is 15.9 Å². The van der Waals surface area contributed by atoms with Gasteiger partial charge in [0, 0.05) is 17.9 Å². The fourth-order valence-corrected chi connectivity index (χ4v) is 4.22. The van der Waals surface area contributed by atoms with E-state index in [9.17, 15) is 13.2 Å². The van der Waals surface area contributed by atoms with E-state index in [0.29, 0.717) is 23.6 Å². The molecule has 2 N–H and O–H groups in total. The molecule has 1 aliphatic rings. The van der Waals surface area contributed by atoms with Crippen LogP contribution in [0.3, 0.4) is 0 Å². The van der Waals surface area contributed by atoms with Gasteiger partial charge in [0.1, 0.15) is 5.75 Å². The maximum atomic E-state index is 12.6. The van der Waals surface area contributed by atoms with Crippen LogP contribution in [0.15, 0.2) is 53.4 Å². The zero-order chi connectivity index (χ0) is 20.9. The number of anilines is 1. The van der Waals surface area contributed by atoms with Crippen LogP contribution < -0.4 is 14.8 Å². The summed E-state index contributed by atoms with van der Waals surface area (Å²) in [6.45, 7) is 5.05. The van der Waals surface area contributed by atoms with E-state index in [2.05, 4.69) is 10.0 Å². The normalized spacial score (nSPS) is 17.5. The maximum Gasteiger partial charge on any atom is 0.261 e. The molecule has 1 amide bonds. The van der Waals surface area contributed by atoms with Gasteiger partial charge in [0.15, 0.2) is 0 Å². The van der Waals surface area contributed by atoms with Crippen molar-refractivity contribution in [2.75, 3.05) is 17.9 Å². The average molecular weight is 419 g/mol. The Morgan fingerprint density at radius 3 is 2.45 bits per heavy atom. The summed E-state index contributed by atoms with van der Waals surface area (Å²) in [6.07, 6.45) is 1.95. The summed E-state index contributed by atoms with van der Waals surface area (Å²) in [5, 5.41) is 2.91. The van der Waals surface area contributed by atoms with Crippen LogP contribution in [-0.4, -0.2) is 39.7 Å². The molecule has 2 unspecified atom stereocenters. The van der Waals surface area contributed by atoms with Crippen LogP contribution in [0.25, 0.3) is 0 Å². The summed E-state index contributed by atoms with van der Waals surface area (Å²) in [7, 11) is -3.76. The Morgan fingerprint density at radius 2 is 1.86 bits per heavy atom. The molecule has 7 nitrogen and oxygen atoms in total. The molecule has 0 radical (unpaired) electrons. The molecule has 1 aliphatic heterocycles. The topological polar surface area (TPSA) is 93.7 Å². The fraction of sp³-hybridized carbons (Fsp3) is 0.381. The molecule has 1 saturated heterocycles. The number of hydrogen-bond donors (Lipinski definition) is 2. The number of hydrogen-bond acceptors (Lipinski definition) is 5. The van der Waals surface area contributed by atoms with Crippen LogP contribution in [0.5, 0.6) is 5.75 Å². The molecule has 0 saturated carbocycles. The Hall–Kier alpha value is -2.58. The zero-order valence-electron chi connectivity index (χ0n) is 16.6. The maximum absolute atomic E-state index is 12.6. The lowest BCUT2D eigenvalue weighted by atomic mass is 10.1. The number of sulfonamides is 1. The molecule has 0 aromatic heterocycles. The summed E-state index contributed by atoms with van der Waals surface area (Å²) in [5.41, 5.74) is 0.829. The first kappa shape index (κ1) is 21.1. The number of amides is 1. The first-order chi connectivity index (χ1) is 13.9. The van der Waals surface area contributed by atoms with E-state index in [0.717, 1.165) is 19.4 Å². The second-order valence-electron chi connectivity index (χ2n) is 6.90. The van der Waals surface area contributed by atoms with Crippen molar-refractivity contribution < 1.29 is 22.7 Å². The van der Waals surface area contributed by atoms with E-state index in [1.807, 2.05) is 13.8 Å². The van der Waals surface area contributed by atoms with Gasteiger partial charge >= 0.3 is 0 Å². The van der Waals surface area contributed by atoms with Crippen LogP contribution in [-0.2, 0) is 14.8 Å². The number of carbonyl (C=O) groups is 1. The Kier molecular flexibility index (Phi) is 6.76. The predicted octanol–water partition coefficient (Wildman–Crippen LogP) is 3.18. The smallest absolute Gasteiger partial charge is 0.261 e. The molecule has 8 heteroatoms. The van der Waals surface area contributed by atoms with E-state index in [1.54, 1.807) is 24.3 Å². The Bertz CT molecular complexity index is 921. The second-order valence-corrected chi connectivity index (χ2v) is 8.58. The number of carbonyl (C=O) groups excluding carboxylic acids is 1. The monoisotopic (exact) mass is 418 g/mol. The summed E-state index contributed by atoms with van der Waals surface area (Å²) in [5.74, 6) is 0.416. The predicted molar refractivity (Wildman–Crippen MR) is 111 cm³/mol. The minimum Gasteiger partial charge on any atom is -0.494 e. The highest BCUT2D eigenvalue weighted by atomic mass is 32.2. The highest BCUT2D eigenvalue weighted by Crippen LogP contribution is 2.20. The highest BCUT2D eigenvalue weighted by Gasteiger charge is 2.24. The summed E-state index contributed by atoms with van der Waals surface area (Å²) in [6, 6.07) is 12.4. The minimum absolute atomic E-state index is 0.0249. The van der Waals surface area contributed by atoms with Gasteiger partial charge in [-0.05, 0) is 75.2 Å². The van der Waals surface area contributed by atoms with Gasteiger partial charge in [-0.15, -0.1) is 0 Å². The molecule has 2 aromatic carbocycles. The van der Waals surface area contributed by atoms with Gasteiger partial charge in [-0.25, -0.2) is 8.42 Å². The lowest BCUT2D eigenvalue weighted by Gasteiger charge is -2.20. The van der Waals surface area contributed by atoms with Crippen molar-refractivity contribution in [1.29, 1.82) is 0 Å². The molecule has 29 heavy (non-hydrogen) atoms. The van der Waals surface area contributed by atoms with Crippen LogP contribution in [0, 0.1) is 0 Å². The van der Waals surface area contributed by atoms with E-state index in [-0.39, 0.29) is 22.9 Å². The molecule has 1 heterocycles. The molecule has 0 spiro atoms. The third kappa shape index (κ3) is 5.48. The number of ether oxygens (including phenoxy) is 2. The number of benzene rings is 2. The minimum atomic E-state index is -3.76. The van der Waals surface area contributed by atoms with Gasteiger partial charge in [0.05, 0.1) is 23.6 Å². The summed E-state index contributed by atoms with van der Waals surface area (Å²) in [4.78, 5) is 12.5. The Morgan fingerprint density at radius 1 is 1.17 bits per heavy atom. The largest absolute Gasteiger partial charge is 0.494 e. The first-order valence-electron chi connectivity index (χ1n) is 9.67. The third-order valence-electron chi connectivity index (χ3n) is 4.73. The van der Waals surface area contributed by atoms with Crippen molar-refractivity contribution in [3.05, 3.63) is 54.1 Å². The van der Waals surface area contributed by atoms with Crippen molar-refractivity contribution >= 4 is 21.6 Å². The van der Waals surface area contributed by atoms with Gasteiger partial charge in [-0.2, -0.15) is 0 Å². The standard InChI is InChI=1S/C21H26N2O5S/c1-3-27-18-10-8-17(9-11-18)23-29(25,26)19-12-6-16(7-13-19)21(24)22-15(2)20-5-4-14-28-20/h6-13,15,20,23H,3-5,14H2,1-2H3,(H,22,24). The third-order valence-corrected chi connectivity index (χ3v) is 6.12. The SMILES string of the molecule is CCOc1ccc(NS(=O)(=O)c2ccc(C(=O)NC(C)C3CCCO3)cc2)cc1. The number of nitrogens with one attached hydrogen (secondary N) is 2. The molecule has 2 atom stereocenters. The van der Waals surface area contributed by atoms with Crippen LogP contribution in [0.4, 0.5) is 5.69 Å². The molecule has 0 bridgehead atoms. The van der Waals surface area contributed by atoms with Gasteiger partial charge < -0.3 is 14.8 Å². The average Bonchev–Trinajstić information content (AvgIpc) is 3.25. The molecule has 156 valence electrons. The highest BCUT2D eigenvalue weighted by molar-refractivity contribution is 7.92. The quantitative estimate of drug-likeness (QED) is 0.687. The molecule has 2 aromatic rings.